The molecule has 0 radical (unpaired) electrons. The fourth-order valence-corrected chi connectivity index (χ4v) is 4.22. The van der Waals surface area contributed by atoms with Crippen LogP contribution in [0.3, 0.4) is 0 Å². The Morgan fingerprint density at radius 3 is 2.59 bits per heavy atom. The summed E-state index contributed by atoms with van der Waals surface area (Å²) in [6, 6.07) is 10.4. The predicted molar refractivity (Wildman–Crippen MR) is 120 cm³/mol. The molecule has 168 valence electrons. The number of amides is 2. The molecule has 1 saturated heterocycles. The standard InChI is InChI=1S/C21H20ClN3O6S/c22-14-7-8-16(17(11-14)25(29)30)23-19(26)12-31-21(28)15-5-1-2-6-18(15)32-13-20(27)24-9-3-4-10-24/h1-2,5-8,11H,3-4,9-10,12-13H2,(H,23,26). The van der Waals surface area contributed by atoms with Crippen molar-refractivity contribution in [2.45, 2.75) is 17.7 Å². The third kappa shape index (κ3) is 6.21. The summed E-state index contributed by atoms with van der Waals surface area (Å²) in [7, 11) is 0. The van der Waals surface area contributed by atoms with Gasteiger partial charge in [-0.05, 0) is 37.1 Å². The number of rotatable bonds is 8. The van der Waals surface area contributed by atoms with Crippen molar-refractivity contribution in [1.82, 2.24) is 4.90 Å². The second-order valence-electron chi connectivity index (χ2n) is 6.92. The molecule has 0 unspecified atom stereocenters. The highest BCUT2D eigenvalue weighted by molar-refractivity contribution is 8.00. The van der Waals surface area contributed by atoms with E-state index in [2.05, 4.69) is 5.32 Å². The number of hydrogen-bond acceptors (Lipinski definition) is 7. The van der Waals surface area contributed by atoms with Gasteiger partial charge in [-0.15, -0.1) is 11.8 Å². The van der Waals surface area contributed by atoms with E-state index in [1.54, 1.807) is 29.2 Å². The minimum absolute atomic E-state index is 0.0135. The number of carbonyl (C=O) groups is 3. The van der Waals surface area contributed by atoms with Crippen molar-refractivity contribution in [1.29, 1.82) is 0 Å². The van der Waals surface area contributed by atoms with Crippen molar-refractivity contribution in [2.75, 3.05) is 30.8 Å². The number of likely N-dealkylation sites (tertiary alicyclic amines) is 1. The molecular weight excluding hydrogens is 458 g/mol. The molecule has 1 fully saturated rings. The number of carbonyl (C=O) groups excluding carboxylic acids is 3. The SMILES string of the molecule is O=C(COC(=O)c1ccccc1SCC(=O)N1CCCC1)Nc1ccc(Cl)cc1[N+](=O)[O-]. The van der Waals surface area contributed by atoms with Gasteiger partial charge in [-0.2, -0.15) is 0 Å². The zero-order valence-electron chi connectivity index (χ0n) is 16.9. The molecule has 0 aromatic heterocycles. The zero-order chi connectivity index (χ0) is 23.1. The van der Waals surface area contributed by atoms with Gasteiger partial charge in [-0.1, -0.05) is 23.7 Å². The minimum Gasteiger partial charge on any atom is -0.452 e. The molecule has 2 amide bonds. The van der Waals surface area contributed by atoms with Crippen molar-refractivity contribution in [2.24, 2.45) is 0 Å². The Balaban J connectivity index is 1.57. The highest BCUT2D eigenvalue weighted by Gasteiger charge is 2.21. The molecule has 1 N–H and O–H groups in total. The lowest BCUT2D eigenvalue weighted by Crippen LogP contribution is -2.29. The zero-order valence-corrected chi connectivity index (χ0v) is 18.5. The summed E-state index contributed by atoms with van der Waals surface area (Å²) in [4.78, 5) is 49.7. The van der Waals surface area contributed by atoms with Crippen LogP contribution in [0, 0.1) is 10.1 Å². The highest BCUT2D eigenvalue weighted by Crippen LogP contribution is 2.28. The first kappa shape index (κ1) is 23.6. The molecule has 32 heavy (non-hydrogen) atoms. The lowest BCUT2D eigenvalue weighted by molar-refractivity contribution is -0.383. The molecule has 0 atom stereocenters. The molecule has 2 aromatic rings. The van der Waals surface area contributed by atoms with Gasteiger partial charge in [0.05, 0.1) is 16.2 Å². The van der Waals surface area contributed by atoms with E-state index in [1.807, 2.05) is 0 Å². The van der Waals surface area contributed by atoms with Crippen LogP contribution in [0.25, 0.3) is 0 Å². The average Bonchev–Trinajstić information content (AvgIpc) is 3.32. The van der Waals surface area contributed by atoms with Crippen molar-refractivity contribution in [3.8, 4) is 0 Å². The average molecular weight is 478 g/mol. The maximum atomic E-state index is 12.5. The van der Waals surface area contributed by atoms with Gasteiger partial charge in [0.1, 0.15) is 5.69 Å². The predicted octanol–water partition coefficient (Wildman–Crippen LogP) is 3.76. The molecule has 1 aliphatic rings. The molecule has 0 saturated carbocycles. The molecule has 9 nitrogen and oxygen atoms in total. The molecular formula is C21H20ClN3O6S. The number of nitro benzene ring substituents is 1. The number of nitrogens with zero attached hydrogens (tertiary/aromatic N) is 2. The Kier molecular flexibility index (Phi) is 8.07. The van der Waals surface area contributed by atoms with Crippen LogP contribution in [0.15, 0.2) is 47.4 Å². The molecule has 0 spiro atoms. The number of ether oxygens (including phenoxy) is 1. The number of thioether (sulfide) groups is 1. The van der Waals surface area contributed by atoms with Gasteiger partial charge >= 0.3 is 5.97 Å². The van der Waals surface area contributed by atoms with E-state index in [-0.39, 0.29) is 33.6 Å². The quantitative estimate of drug-likeness (QED) is 0.266. The number of nitrogens with one attached hydrogen (secondary N) is 1. The van der Waals surface area contributed by atoms with Crippen LogP contribution in [-0.2, 0) is 14.3 Å². The minimum atomic E-state index is -0.738. The molecule has 2 aromatic carbocycles. The highest BCUT2D eigenvalue weighted by atomic mass is 35.5. The van der Waals surface area contributed by atoms with E-state index in [4.69, 9.17) is 16.3 Å². The van der Waals surface area contributed by atoms with Crippen LogP contribution in [-0.4, -0.2) is 53.1 Å². The first-order valence-electron chi connectivity index (χ1n) is 9.75. The molecule has 0 aliphatic carbocycles. The molecule has 0 bridgehead atoms. The van der Waals surface area contributed by atoms with Gasteiger partial charge in [-0.25, -0.2) is 4.79 Å². The first-order valence-corrected chi connectivity index (χ1v) is 11.1. The van der Waals surface area contributed by atoms with Crippen molar-refractivity contribution in [3.63, 3.8) is 0 Å². The van der Waals surface area contributed by atoms with E-state index in [0.717, 1.165) is 32.0 Å². The number of benzene rings is 2. The van der Waals surface area contributed by atoms with E-state index in [0.29, 0.717) is 4.90 Å². The summed E-state index contributed by atoms with van der Waals surface area (Å²) in [5.74, 6) is -1.26. The summed E-state index contributed by atoms with van der Waals surface area (Å²) < 4.78 is 5.08. The third-order valence-corrected chi connectivity index (χ3v) is 5.98. The molecule has 1 aliphatic heterocycles. The van der Waals surface area contributed by atoms with Gasteiger partial charge in [0.2, 0.25) is 5.91 Å². The van der Waals surface area contributed by atoms with Gasteiger partial charge < -0.3 is 15.0 Å². The van der Waals surface area contributed by atoms with Crippen molar-refractivity contribution in [3.05, 3.63) is 63.2 Å². The lowest BCUT2D eigenvalue weighted by Gasteiger charge is -2.15. The second-order valence-corrected chi connectivity index (χ2v) is 8.37. The summed E-state index contributed by atoms with van der Waals surface area (Å²) in [6.07, 6.45) is 2.00. The maximum absolute atomic E-state index is 12.5. The molecule has 11 heteroatoms. The topological polar surface area (TPSA) is 119 Å². The van der Waals surface area contributed by atoms with Crippen molar-refractivity contribution < 1.29 is 24.0 Å². The van der Waals surface area contributed by atoms with Crippen LogP contribution < -0.4 is 5.32 Å². The fraction of sp³-hybridized carbons (Fsp3) is 0.286. The lowest BCUT2D eigenvalue weighted by atomic mass is 10.2. The number of anilines is 1. The van der Waals surface area contributed by atoms with Gasteiger partial charge in [0, 0.05) is 29.1 Å². The Bertz CT molecular complexity index is 1040. The third-order valence-electron chi connectivity index (χ3n) is 4.68. The molecule has 3 rings (SSSR count). The fourth-order valence-electron chi connectivity index (χ4n) is 3.12. The van der Waals surface area contributed by atoms with Crippen LogP contribution in [0.4, 0.5) is 11.4 Å². The van der Waals surface area contributed by atoms with E-state index < -0.39 is 23.4 Å². The smallest absolute Gasteiger partial charge is 0.339 e. The van der Waals surface area contributed by atoms with Crippen molar-refractivity contribution >= 4 is 52.5 Å². The van der Waals surface area contributed by atoms with Crippen LogP contribution in [0.2, 0.25) is 5.02 Å². The number of nitro groups is 1. The number of halogens is 1. The monoisotopic (exact) mass is 477 g/mol. The second kappa shape index (κ2) is 11.0. The van der Waals surface area contributed by atoms with Crippen LogP contribution in [0.1, 0.15) is 23.2 Å². The maximum Gasteiger partial charge on any atom is 0.339 e. The number of hydrogen-bond donors (Lipinski definition) is 1. The Hall–Kier alpha value is -3.11. The molecule has 1 heterocycles. The Morgan fingerprint density at radius 1 is 1.16 bits per heavy atom. The summed E-state index contributed by atoms with van der Waals surface area (Å²) >= 11 is 6.99. The van der Waals surface area contributed by atoms with E-state index in [1.165, 1.54) is 23.9 Å². The van der Waals surface area contributed by atoms with Gasteiger partial charge in [0.15, 0.2) is 6.61 Å². The summed E-state index contributed by atoms with van der Waals surface area (Å²) in [6.45, 7) is 0.873. The van der Waals surface area contributed by atoms with Crippen LogP contribution >= 0.6 is 23.4 Å². The Labute approximate surface area is 193 Å². The summed E-state index contributed by atoms with van der Waals surface area (Å²) in [5, 5.41) is 13.6. The first-order chi connectivity index (χ1) is 15.3. The number of esters is 1. The largest absolute Gasteiger partial charge is 0.452 e. The normalized spacial score (nSPS) is 13.0. The van der Waals surface area contributed by atoms with E-state index in [9.17, 15) is 24.5 Å². The van der Waals surface area contributed by atoms with Gasteiger partial charge in [0.25, 0.3) is 11.6 Å². The van der Waals surface area contributed by atoms with Crippen LogP contribution in [0.5, 0.6) is 0 Å². The summed E-state index contributed by atoms with van der Waals surface area (Å²) in [5.41, 5.74) is -0.199. The van der Waals surface area contributed by atoms with Gasteiger partial charge in [-0.3, -0.25) is 19.7 Å². The van der Waals surface area contributed by atoms with E-state index >= 15 is 0 Å². The Morgan fingerprint density at radius 2 is 1.88 bits per heavy atom.